The second-order valence-electron chi connectivity index (χ2n) is 3.47. The first-order valence-corrected chi connectivity index (χ1v) is 5.83. The highest BCUT2D eigenvalue weighted by atomic mass is 32.1. The van der Waals surface area contributed by atoms with E-state index in [0.29, 0.717) is 0 Å². The van der Waals surface area contributed by atoms with Crippen molar-refractivity contribution < 1.29 is 4.79 Å². The monoisotopic (exact) mass is 212 g/mol. The van der Waals surface area contributed by atoms with Gasteiger partial charge in [-0.25, -0.2) is 0 Å². The van der Waals surface area contributed by atoms with Gasteiger partial charge < -0.3 is 0 Å². The van der Waals surface area contributed by atoms with Gasteiger partial charge in [0, 0.05) is 5.92 Å². The maximum Gasteiger partial charge on any atom is 0.179 e. The van der Waals surface area contributed by atoms with Crippen LogP contribution in [0.15, 0.2) is 0 Å². The van der Waals surface area contributed by atoms with Crippen LogP contribution in [-0.2, 0) is 6.42 Å². The Morgan fingerprint density at radius 2 is 2.21 bits per heavy atom. The molecule has 0 spiro atoms. The van der Waals surface area contributed by atoms with Crippen LogP contribution >= 0.6 is 11.5 Å². The predicted octanol–water partition coefficient (Wildman–Crippen LogP) is 2.72. The van der Waals surface area contributed by atoms with E-state index in [1.807, 2.05) is 13.8 Å². The summed E-state index contributed by atoms with van der Waals surface area (Å²) in [7, 11) is 0. The van der Waals surface area contributed by atoms with Crippen molar-refractivity contribution in [2.45, 2.75) is 40.0 Å². The molecule has 0 radical (unpaired) electrons. The van der Waals surface area contributed by atoms with Crippen molar-refractivity contribution in [1.82, 2.24) is 9.59 Å². The summed E-state index contributed by atoms with van der Waals surface area (Å²) >= 11 is 1.23. The van der Waals surface area contributed by atoms with Crippen LogP contribution in [0.4, 0.5) is 0 Å². The van der Waals surface area contributed by atoms with Crippen LogP contribution in [0.5, 0.6) is 0 Å². The molecule has 1 aromatic rings. The summed E-state index contributed by atoms with van der Waals surface area (Å²) in [5.74, 6) is 0.291. The molecule has 0 saturated carbocycles. The highest BCUT2D eigenvalue weighted by Crippen LogP contribution is 2.18. The molecule has 0 aromatic carbocycles. The summed E-state index contributed by atoms with van der Waals surface area (Å²) in [6.07, 6.45) is 2.74. The number of hydrogen-bond acceptors (Lipinski definition) is 4. The number of nitrogens with zero attached hydrogens (tertiary/aromatic N) is 2. The minimum atomic E-state index is 0.0906. The van der Waals surface area contributed by atoms with Crippen molar-refractivity contribution in [2.24, 2.45) is 5.92 Å². The molecule has 1 atom stereocenters. The lowest BCUT2D eigenvalue weighted by atomic mass is 10.0. The summed E-state index contributed by atoms with van der Waals surface area (Å²) in [6, 6.07) is 0. The lowest BCUT2D eigenvalue weighted by Crippen LogP contribution is -2.10. The van der Waals surface area contributed by atoms with Crippen molar-refractivity contribution in [3.63, 3.8) is 0 Å². The Hall–Kier alpha value is -0.770. The van der Waals surface area contributed by atoms with Crippen LogP contribution in [0.1, 0.15) is 49.0 Å². The molecule has 0 N–H and O–H groups in total. The van der Waals surface area contributed by atoms with Gasteiger partial charge in [-0.15, -0.1) is 5.10 Å². The Morgan fingerprint density at radius 3 is 2.79 bits per heavy atom. The molecule has 1 aromatic heterocycles. The zero-order valence-corrected chi connectivity index (χ0v) is 9.73. The Balaban J connectivity index is 2.83. The minimum absolute atomic E-state index is 0.0906. The number of carbonyl (C=O) groups excluding carboxylic acids is 1. The van der Waals surface area contributed by atoms with Crippen LogP contribution in [0.2, 0.25) is 0 Å². The molecule has 1 rings (SSSR count). The molecule has 14 heavy (non-hydrogen) atoms. The molecule has 78 valence electrons. The van der Waals surface area contributed by atoms with Crippen LogP contribution in [0, 0.1) is 5.92 Å². The minimum Gasteiger partial charge on any atom is -0.293 e. The van der Waals surface area contributed by atoms with E-state index in [1.165, 1.54) is 11.5 Å². The van der Waals surface area contributed by atoms with Gasteiger partial charge in [-0.05, 0) is 24.4 Å². The van der Waals surface area contributed by atoms with Crippen molar-refractivity contribution in [3.8, 4) is 0 Å². The molecule has 3 nitrogen and oxygen atoms in total. The zero-order valence-electron chi connectivity index (χ0n) is 8.91. The van der Waals surface area contributed by atoms with E-state index in [1.54, 1.807) is 0 Å². The van der Waals surface area contributed by atoms with Gasteiger partial charge in [-0.1, -0.05) is 31.7 Å². The number of carbonyl (C=O) groups is 1. The summed E-state index contributed by atoms with van der Waals surface area (Å²) in [4.78, 5) is 12.6. The average Bonchev–Trinajstić information content (AvgIpc) is 2.64. The molecule has 0 bridgehead atoms. The Kier molecular flexibility index (Phi) is 4.20. The fourth-order valence-corrected chi connectivity index (χ4v) is 1.97. The second-order valence-corrected chi connectivity index (χ2v) is 4.23. The SMILES string of the molecule is CCCc1nnsc1C(=O)C(C)CC. The molecular weight excluding hydrogens is 196 g/mol. The lowest BCUT2D eigenvalue weighted by Gasteiger charge is -2.05. The summed E-state index contributed by atoms with van der Waals surface area (Å²) in [5, 5.41) is 3.99. The molecular formula is C10H16N2OS. The third-order valence-corrected chi connectivity index (χ3v) is 3.11. The Morgan fingerprint density at radius 1 is 1.50 bits per heavy atom. The largest absolute Gasteiger partial charge is 0.293 e. The highest BCUT2D eigenvalue weighted by Gasteiger charge is 2.19. The lowest BCUT2D eigenvalue weighted by molar-refractivity contribution is 0.0930. The van der Waals surface area contributed by atoms with Crippen LogP contribution < -0.4 is 0 Å². The second kappa shape index (κ2) is 5.20. The first-order valence-electron chi connectivity index (χ1n) is 5.06. The van der Waals surface area contributed by atoms with Crippen molar-refractivity contribution in [3.05, 3.63) is 10.6 Å². The van der Waals surface area contributed by atoms with Crippen molar-refractivity contribution in [2.75, 3.05) is 0 Å². The number of ketones is 1. The van der Waals surface area contributed by atoms with Crippen LogP contribution in [0.3, 0.4) is 0 Å². The molecule has 0 aliphatic heterocycles. The predicted molar refractivity (Wildman–Crippen MR) is 57.7 cm³/mol. The molecule has 0 saturated heterocycles. The topological polar surface area (TPSA) is 42.9 Å². The maximum atomic E-state index is 11.9. The van der Waals surface area contributed by atoms with E-state index in [4.69, 9.17) is 0 Å². The molecule has 0 aliphatic rings. The number of hydrogen-bond donors (Lipinski definition) is 0. The van der Waals surface area contributed by atoms with Gasteiger partial charge in [-0.2, -0.15) is 0 Å². The molecule has 1 heterocycles. The first kappa shape index (κ1) is 11.3. The Bertz CT molecular complexity index is 309. The smallest absolute Gasteiger partial charge is 0.179 e. The maximum absolute atomic E-state index is 11.9. The molecule has 1 unspecified atom stereocenters. The van der Waals surface area contributed by atoms with Gasteiger partial charge in [0.1, 0.15) is 4.88 Å². The molecule has 0 aliphatic carbocycles. The standard InChI is InChI=1S/C10H16N2OS/c1-4-6-8-10(14-12-11-8)9(13)7(3)5-2/h7H,4-6H2,1-3H3. The normalized spacial score (nSPS) is 12.8. The summed E-state index contributed by atoms with van der Waals surface area (Å²) in [5.41, 5.74) is 0.878. The molecule has 4 heteroatoms. The van der Waals surface area contributed by atoms with E-state index in [2.05, 4.69) is 16.5 Å². The van der Waals surface area contributed by atoms with Gasteiger partial charge >= 0.3 is 0 Å². The molecule has 0 amide bonds. The van der Waals surface area contributed by atoms with Crippen LogP contribution in [-0.4, -0.2) is 15.4 Å². The number of aryl methyl sites for hydroxylation is 1. The van der Waals surface area contributed by atoms with Gasteiger partial charge in [0.2, 0.25) is 0 Å². The quantitative estimate of drug-likeness (QED) is 0.705. The van der Waals surface area contributed by atoms with E-state index < -0.39 is 0 Å². The molecule has 0 fully saturated rings. The van der Waals surface area contributed by atoms with Gasteiger partial charge in [0.25, 0.3) is 0 Å². The van der Waals surface area contributed by atoms with Crippen molar-refractivity contribution in [1.29, 1.82) is 0 Å². The van der Waals surface area contributed by atoms with Crippen LogP contribution in [0.25, 0.3) is 0 Å². The van der Waals surface area contributed by atoms with Gasteiger partial charge in [0.05, 0.1) is 5.69 Å². The van der Waals surface area contributed by atoms with E-state index in [9.17, 15) is 4.79 Å². The average molecular weight is 212 g/mol. The summed E-state index contributed by atoms with van der Waals surface area (Å²) < 4.78 is 3.85. The van der Waals surface area contributed by atoms with Gasteiger partial charge in [-0.3, -0.25) is 4.79 Å². The number of Topliss-reactive ketones (excluding diaryl/α,β-unsaturated/α-hetero) is 1. The number of aromatic nitrogens is 2. The van der Waals surface area contributed by atoms with E-state index >= 15 is 0 Å². The third kappa shape index (κ3) is 2.38. The first-order chi connectivity index (χ1) is 6.70. The highest BCUT2D eigenvalue weighted by molar-refractivity contribution is 7.08. The summed E-state index contributed by atoms with van der Waals surface area (Å²) in [6.45, 7) is 6.06. The van der Waals surface area contributed by atoms with Gasteiger partial charge in [0.15, 0.2) is 5.78 Å². The fourth-order valence-electron chi connectivity index (χ4n) is 1.21. The van der Waals surface area contributed by atoms with Crippen molar-refractivity contribution >= 4 is 17.3 Å². The zero-order chi connectivity index (χ0) is 10.6. The third-order valence-electron chi connectivity index (χ3n) is 2.33. The van der Waals surface area contributed by atoms with E-state index in [0.717, 1.165) is 29.8 Å². The number of rotatable bonds is 5. The Labute approximate surface area is 88.7 Å². The van der Waals surface area contributed by atoms with E-state index in [-0.39, 0.29) is 11.7 Å². The fraction of sp³-hybridized carbons (Fsp3) is 0.700.